The Kier molecular flexibility index (Phi) is 3.37. The van der Waals surface area contributed by atoms with Gasteiger partial charge in [0.25, 0.3) is 5.91 Å². The van der Waals surface area contributed by atoms with Gasteiger partial charge in [0, 0.05) is 6.92 Å². The molecule has 1 aliphatic heterocycles. The Balaban J connectivity index is 2.35. The van der Waals surface area contributed by atoms with E-state index in [1.165, 1.54) is 0 Å². The van der Waals surface area contributed by atoms with Crippen molar-refractivity contribution in [2.45, 2.75) is 19.4 Å². The Morgan fingerprint density at radius 3 is 2.60 bits per heavy atom. The summed E-state index contributed by atoms with van der Waals surface area (Å²) in [6.45, 7) is 0.576. The van der Waals surface area contributed by atoms with Crippen molar-refractivity contribution in [1.82, 2.24) is 5.32 Å². The summed E-state index contributed by atoms with van der Waals surface area (Å²) in [5, 5.41) is 1.97. The minimum Gasteiger partial charge on any atom is -0.454 e. The van der Waals surface area contributed by atoms with Crippen LogP contribution in [0.25, 0.3) is 0 Å². The second-order valence-corrected chi connectivity index (χ2v) is 2.88. The lowest BCUT2D eigenvalue weighted by atomic mass is 10.3. The summed E-state index contributed by atoms with van der Waals surface area (Å²) in [6.07, 6.45) is -1.30. The average molecular weight is 215 g/mol. The first kappa shape index (κ1) is 11.2. The van der Waals surface area contributed by atoms with Crippen molar-refractivity contribution in [2.24, 2.45) is 0 Å². The van der Waals surface area contributed by atoms with Crippen molar-refractivity contribution in [1.29, 1.82) is 0 Å². The van der Waals surface area contributed by atoms with Gasteiger partial charge in [0.05, 0.1) is 6.42 Å². The lowest BCUT2D eigenvalue weighted by Crippen LogP contribution is -2.29. The van der Waals surface area contributed by atoms with Gasteiger partial charge in [0.1, 0.15) is 0 Å². The number of esters is 2. The smallest absolute Gasteiger partial charge is 0.345 e. The molecule has 7 heteroatoms. The van der Waals surface area contributed by atoms with E-state index in [1.807, 2.05) is 5.32 Å². The minimum atomic E-state index is -1.11. The molecule has 1 rings (SSSR count). The molecule has 0 radical (unpaired) electrons. The van der Waals surface area contributed by atoms with E-state index in [1.54, 1.807) is 0 Å². The molecule has 1 saturated heterocycles. The third-order valence-corrected chi connectivity index (χ3v) is 1.59. The highest BCUT2D eigenvalue weighted by Gasteiger charge is 2.33. The van der Waals surface area contributed by atoms with E-state index >= 15 is 0 Å². The zero-order valence-corrected chi connectivity index (χ0v) is 7.94. The number of imide groups is 1. The topological polar surface area (TPSA) is 98.8 Å². The van der Waals surface area contributed by atoms with Crippen molar-refractivity contribution >= 4 is 23.8 Å². The first-order valence-electron chi connectivity index (χ1n) is 4.15. The Labute approximate surface area is 84.7 Å². The standard InChI is InChI=1S/C8H9NO6/c1-4(10)14-3-7(12)15-5-2-6(11)9-8(5)13/h5H,2-3H2,1H3,(H,9,11,13). The maximum atomic E-state index is 11.0. The molecule has 0 saturated carbocycles. The maximum Gasteiger partial charge on any atom is 0.345 e. The molecule has 1 heterocycles. The predicted octanol–water partition coefficient (Wildman–Crippen LogP) is -1.49. The largest absolute Gasteiger partial charge is 0.454 e. The molecule has 1 fully saturated rings. The number of nitrogens with one attached hydrogen (secondary N) is 1. The van der Waals surface area contributed by atoms with Crippen LogP contribution in [0.1, 0.15) is 13.3 Å². The molecule has 0 spiro atoms. The summed E-state index contributed by atoms with van der Waals surface area (Å²) in [5.74, 6) is -2.64. The van der Waals surface area contributed by atoms with Crippen LogP contribution >= 0.6 is 0 Å². The SMILES string of the molecule is CC(=O)OCC(=O)OC1CC(=O)NC1=O. The molecule has 7 nitrogen and oxygen atoms in total. The number of rotatable bonds is 3. The molecule has 82 valence electrons. The van der Waals surface area contributed by atoms with E-state index in [-0.39, 0.29) is 6.42 Å². The first-order valence-corrected chi connectivity index (χ1v) is 4.15. The van der Waals surface area contributed by atoms with Crippen molar-refractivity contribution in [3.05, 3.63) is 0 Å². The van der Waals surface area contributed by atoms with Crippen LogP contribution < -0.4 is 5.32 Å². The van der Waals surface area contributed by atoms with Crippen LogP contribution in [0.3, 0.4) is 0 Å². The van der Waals surface area contributed by atoms with E-state index in [4.69, 9.17) is 0 Å². The number of ether oxygens (including phenoxy) is 2. The Hall–Kier alpha value is -1.92. The second kappa shape index (κ2) is 4.54. The van der Waals surface area contributed by atoms with Crippen LogP contribution in [0.15, 0.2) is 0 Å². The molecule has 0 aliphatic carbocycles. The van der Waals surface area contributed by atoms with Gasteiger partial charge in [-0.05, 0) is 0 Å². The van der Waals surface area contributed by atoms with Crippen molar-refractivity contribution < 1.29 is 28.7 Å². The summed E-state index contributed by atoms with van der Waals surface area (Å²) < 4.78 is 8.94. The molecule has 0 aromatic carbocycles. The number of carbonyl (C=O) groups is 4. The van der Waals surface area contributed by atoms with Crippen LogP contribution in [0.2, 0.25) is 0 Å². The summed E-state index contributed by atoms with van der Waals surface area (Å²) in [4.78, 5) is 42.9. The van der Waals surface area contributed by atoms with Gasteiger partial charge in [-0.2, -0.15) is 0 Å². The molecule has 1 atom stereocenters. The summed E-state index contributed by atoms with van der Waals surface area (Å²) in [7, 11) is 0. The molecule has 1 N–H and O–H groups in total. The number of hydrogen-bond donors (Lipinski definition) is 1. The molecule has 0 aromatic heterocycles. The monoisotopic (exact) mass is 215 g/mol. The molecule has 1 unspecified atom stereocenters. The van der Waals surface area contributed by atoms with Crippen LogP contribution in [-0.4, -0.2) is 36.5 Å². The van der Waals surface area contributed by atoms with Gasteiger partial charge in [-0.3, -0.25) is 19.7 Å². The molecule has 0 bridgehead atoms. The number of amides is 2. The zero-order valence-electron chi connectivity index (χ0n) is 7.94. The van der Waals surface area contributed by atoms with Gasteiger partial charge in [-0.25, -0.2) is 4.79 Å². The number of carbonyl (C=O) groups excluding carboxylic acids is 4. The van der Waals surface area contributed by atoms with Gasteiger partial charge in [0.2, 0.25) is 5.91 Å². The zero-order chi connectivity index (χ0) is 11.4. The lowest BCUT2D eigenvalue weighted by Gasteiger charge is -2.07. The van der Waals surface area contributed by atoms with Gasteiger partial charge < -0.3 is 9.47 Å². The highest BCUT2D eigenvalue weighted by Crippen LogP contribution is 2.06. The van der Waals surface area contributed by atoms with Crippen molar-refractivity contribution in [3.63, 3.8) is 0 Å². The Morgan fingerprint density at radius 1 is 1.47 bits per heavy atom. The third-order valence-electron chi connectivity index (χ3n) is 1.59. The highest BCUT2D eigenvalue weighted by atomic mass is 16.6. The van der Waals surface area contributed by atoms with Crippen LogP contribution in [0.4, 0.5) is 0 Å². The fourth-order valence-electron chi connectivity index (χ4n) is 0.978. The maximum absolute atomic E-state index is 11.0. The van der Waals surface area contributed by atoms with E-state index in [0.717, 1.165) is 6.92 Å². The van der Waals surface area contributed by atoms with Crippen molar-refractivity contribution in [2.75, 3.05) is 6.61 Å². The fraction of sp³-hybridized carbons (Fsp3) is 0.500. The third kappa shape index (κ3) is 3.37. The van der Waals surface area contributed by atoms with Crippen LogP contribution in [0, 0.1) is 0 Å². The Morgan fingerprint density at radius 2 is 2.13 bits per heavy atom. The Bertz CT molecular complexity index is 323. The van der Waals surface area contributed by atoms with Gasteiger partial charge >= 0.3 is 11.9 Å². The van der Waals surface area contributed by atoms with E-state index in [9.17, 15) is 19.2 Å². The van der Waals surface area contributed by atoms with Crippen LogP contribution in [-0.2, 0) is 28.7 Å². The van der Waals surface area contributed by atoms with Gasteiger partial charge in [-0.1, -0.05) is 0 Å². The van der Waals surface area contributed by atoms with Crippen LogP contribution in [0.5, 0.6) is 0 Å². The summed E-state index contributed by atoms with van der Waals surface area (Å²) in [5.41, 5.74) is 0. The molecule has 15 heavy (non-hydrogen) atoms. The predicted molar refractivity (Wildman–Crippen MR) is 44.3 cm³/mol. The highest BCUT2D eigenvalue weighted by molar-refractivity contribution is 6.05. The molecular formula is C8H9NO6. The van der Waals surface area contributed by atoms with E-state index < -0.39 is 36.5 Å². The quantitative estimate of drug-likeness (QED) is 0.454. The number of hydrogen-bond acceptors (Lipinski definition) is 6. The normalized spacial score (nSPS) is 19.7. The summed E-state index contributed by atoms with van der Waals surface area (Å²) >= 11 is 0. The molecule has 1 aliphatic rings. The van der Waals surface area contributed by atoms with E-state index in [0.29, 0.717) is 0 Å². The molecular weight excluding hydrogens is 206 g/mol. The minimum absolute atomic E-state index is 0.190. The molecule has 2 amide bonds. The summed E-state index contributed by atoms with van der Waals surface area (Å²) in [6, 6.07) is 0. The first-order chi connectivity index (χ1) is 6.99. The average Bonchev–Trinajstić information content (AvgIpc) is 2.42. The van der Waals surface area contributed by atoms with Gasteiger partial charge in [0.15, 0.2) is 12.7 Å². The molecule has 0 aromatic rings. The van der Waals surface area contributed by atoms with Gasteiger partial charge in [-0.15, -0.1) is 0 Å². The van der Waals surface area contributed by atoms with Crippen molar-refractivity contribution in [3.8, 4) is 0 Å². The lowest BCUT2D eigenvalue weighted by molar-refractivity contribution is -0.163. The van der Waals surface area contributed by atoms with E-state index in [2.05, 4.69) is 9.47 Å². The fourth-order valence-corrected chi connectivity index (χ4v) is 0.978. The second-order valence-electron chi connectivity index (χ2n) is 2.88.